The van der Waals surface area contributed by atoms with Crippen LogP contribution >= 0.6 is 11.6 Å². The fourth-order valence-corrected chi connectivity index (χ4v) is 2.00. The quantitative estimate of drug-likeness (QED) is 0.628. The number of nitrogens with two attached hydrogens (primary N) is 1. The third-order valence-electron chi connectivity index (χ3n) is 2.94. The Balaban J connectivity index is 3.25. The van der Waals surface area contributed by atoms with Gasteiger partial charge in [0.25, 0.3) is 0 Å². The summed E-state index contributed by atoms with van der Waals surface area (Å²) in [6.07, 6.45) is 1.63. The molecule has 1 heterocycles. The van der Waals surface area contributed by atoms with Crippen molar-refractivity contribution in [2.24, 2.45) is 5.84 Å². The number of rotatable bonds is 5. The number of aromatic nitrogens is 2. The normalized spacial score (nSPS) is 14.4. The second kappa shape index (κ2) is 5.35. The summed E-state index contributed by atoms with van der Waals surface area (Å²) < 4.78 is 7.32. The highest BCUT2D eigenvalue weighted by Crippen LogP contribution is 2.33. The van der Waals surface area contributed by atoms with Crippen molar-refractivity contribution in [3.63, 3.8) is 0 Å². The molecule has 0 fully saturated rings. The average Bonchev–Trinajstić information content (AvgIpc) is 2.62. The van der Waals surface area contributed by atoms with Gasteiger partial charge in [-0.15, -0.1) is 0 Å². The van der Waals surface area contributed by atoms with Crippen LogP contribution in [0.25, 0.3) is 0 Å². The number of halogens is 1. The topological polar surface area (TPSA) is 65.1 Å². The molecule has 1 rings (SSSR count). The van der Waals surface area contributed by atoms with Crippen LogP contribution in [0.5, 0.6) is 0 Å². The Bertz CT molecular complexity index is 376. The highest BCUT2D eigenvalue weighted by molar-refractivity contribution is 6.31. The molecule has 0 aliphatic heterocycles. The fourth-order valence-electron chi connectivity index (χ4n) is 1.76. The van der Waals surface area contributed by atoms with Crippen LogP contribution < -0.4 is 11.3 Å². The fraction of sp³-hybridized carbons (Fsp3) is 0.727. The number of hydrazine groups is 1. The van der Waals surface area contributed by atoms with Crippen LogP contribution in [0.1, 0.15) is 45.5 Å². The van der Waals surface area contributed by atoms with E-state index in [0.29, 0.717) is 5.02 Å². The van der Waals surface area contributed by atoms with E-state index in [4.69, 9.17) is 22.2 Å². The van der Waals surface area contributed by atoms with Crippen LogP contribution in [-0.2, 0) is 4.74 Å². The van der Waals surface area contributed by atoms with E-state index in [0.717, 1.165) is 5.69 Å². The lowest BCUT2D eigenvalue weighted by atomic mass is 9.96. The highest BCUT2D eigenvalue weighted by Gasteiger charge is 2.34. The van der Waals surface area contributed by atoms with Gasteiger partial charge in [-0.25, -0.2) is 5.43 Å². The van der Waals surface area contributed by atoms with Crippen molar-refractivity contribution in [2.45, 2.75) is 45.4 Å². The summed E-state index contributed by atoms with van der Waals surface area (Å²) in [4.78, 5) is 0. The largest absolute Gasteiger partial charge is 0.377 e. The van der Waals surface area contributed by atoms with E-state index in [9.17, 15) is 0 Å². The number of nitrogens with one attached hydrogen (secondary N) is 1. The summed E-state index contributed by atoms with van der Waals surface area (Å²) in [6, 6.07) is -0.0223. The van der Waals surface area contributed by atoms with E-state index < -0.39 is 5.60 Å². The summed E-state index contributed by atoms with van der Waals surface area (Å²) >= 11 is 6.19. The van der Waals surface area contributed by atoms with E-state index in [2.05, 4.69) is 10.5 Å². The lowest BCUT2D eigenvalue weighted by Gasteiger charge is -2.33. The predicted molar refractivity (Wildman–Crippen MR) is 68.8 cm³/mol. The van der Waals surface area contributed by atoms with E-state index >= 15 is 0 Å². The van der Waals surface area contributed by atoms with Gasteiger partial charge in [0.2, 0.25) is 0 Å². The van der Waals surface area contributed by atoms with Gasteiger partial charge in [-0.05, 0) is 27.7 Å². The number of methoxy groups -OCH3 is 1. The molecule has 0 aliphatic carbocycles. The van der Waals surface area contributed by atoms with Crippen LogP contribution in [0, 0.1) is 0 Å². The Labute approximate surface area is 107 Å². The summed E-state index contributed by atoms with van der Waals surface area (Å²) in [5, 5.41) is 4.86. The Morgan fingerprint density at radius 3 is 2.53 bits per heavy atom. The van der Waals surface area contributed by atoms with E-state index in [-0.39, 0.29) is 12.1 Å². The monoisotopic (exact) mass is 260 g/mol. The minimum absolute atomic E-state index is 0.209. The van der Waals surface area contributed by atoms with E-state index in [1.54, 1.807) is 13.3 Å². The molecule has 1 unspecified atom stereocenters. The maximum Gasteiger partial charge on any atom is 0.0927 e. The van der Waals surface area contributed by atoms with Gasteiger partial charge in [-0.1, -0.05) is 11.6 Å². The molecule has 0 saturated carbocycles. The molecule has 98 valence electrons. The second-order valence-corrected chi connectivity index (χ2v) is 5.23. The molecule has 0 bridgehead atoms. The van der Waals surface area contributed by atoms with Crippen molar-refractivity contribution in [1.82, 2.24) is 15.2 Å². The van der Waals surface area contributed by atoms with Crippen molar-refractivity contribution in [3.8, 4) is 0 Å². The van der Waals surface area contributed by atoms with Crippen molar-refractivity contribution < 1.29 is 4.74 Å². The third kappa shape index (κ3) is 2.80. The minimum atomic E-state index is -0.481. The first-order chi connectivity index (χ1) is 7.85. The van der Waals surface area contributed by atoms with Crippen LogP contribution in [0.4, 0.5) is 0 Å². The molecule has 0 aromatic carbocycles. The van der Waals surface area contributed by atoms with Crippen molar-refractivity contribution >= 4 is 11.6 Å². The number of nitrogens with zero attached hydrogens (tertiary/aromatic N) is 2. The van der Waals surface area contributed by atoms with Crippen LogP contribution in [0.15, 0.2) is 6.20 Å². The van der Waals surface area contributed by atoms with Gasteiger partial charge in [0.1, 0.15) is 0 Å². The van der Waals surface area contributed by atoms with E-state index in [1.165, 1.54) is 0 Å². The predicted octanol–water partition coefficient (Wildman–Crippen LogP) is 2.05. The standard InChI is InChI=1S/C11H21ClN4O/c1-7(2)16-9(8(12)6-14-16)10(15-13)11(3,4)17-5/h6-7,10,15H,13H2,1-5H3. The average molecular weight is 261 g/mol. The Morgan fingerprint density at radius 1 is 1.53 bits per heavy atom. The van der Waals surface area contributed by atoms with Gasteiger partial charge in [0.15, 0.2) is 0 Å². The molecule has 3 N–H and O–H groups in total. The Hall–Kier alpha value is -0.620. The molecule has 6 heteroatoms. The molecule has 0 amide bonds. The van der Waals surface area contributed by atoms with Crippen molar-refractivity contribution in [3.05, 3.63) is 16.9 Å². The summed E-state index contributed by atoms with van der Waals surface area (Å²) in [5.41, 5.74) is 3.12. The zero-order valence-electron chi connectivity index (χ0n) is 11.0. The van der Waals surface area contributed by atoms with Crippen LogP contribution in [0.3, 0.4) is 0 Å². The molecule has 1 aromatic heterocycles. The number of hydrogen-bond donors (Lipinski definition) is 2. The van der Waals surface area contributed by atoms with Crippen LogP contribution in [0.2, 0.25) is 5.02 Å². The van der Waals surface area contributed by atoms with Gasteiger partial charge in [0, 0.05) is 13.2 Å². The van der Waals surface area contributed by atoms with Gasteiger partial charge in [0.05, 0.1) is 28.6 Å². The van der Waals surface area contributed by atoms with Crippen molar-refractivity contribution in [2.75, 3.05) is 7.11 Å². The highest BCUT2D eigenvalue weighted by atomic mass is 35.5. The molecule has 0 spiro atoms. The first-order valence-electron chi connectivity index (χ1n) is 5.59. The number of hydrogen-bond acceptors (Lipinski definition) is 4. The van der Waals surface area contributed by atoms with Crippen LogP contribution in [-0.4, -0.2) is 22.5 Å². The number of ether oxygens (including phenoxy) is 1. The lowest BCUT2D eigenvalue weighted by molar-refractivity contribution is -0.0138. The van der Waals surface area contributed by atoms with Gasteiger partial charge in [-0.2, -0.15) is 5.10 Å². The third-order valence-corrected chi connectivity index (χ3v) is 3.23. The Morgan fingerprint density at radius 2 is 2.12 bits per heavy atom. The van der Waals surface area contributed by atoms with Crippen molar-refractivity contribution in [1.29, 1.82) is 0 Å². The molecule has 0 aliphatic rings. The first kappa shape index (κ1) is 14.4. The Kier molecular flexibility index (Phi) is 4.55. The first-order valence-corrected chi connectivity index (χ1v) is 5.97. The summed E-state index contributed by atoms with van der Waals surface area (Å²) in [5.74, 6) is 5.63. The summed E-state index contributed by atoms with van der Waals surface area (Å²) in [6.45, 7) is 7.98. The SMILES string of the molecule is COC(C)(C)C(NN)c1c(Cl)cnn1C(C)C. The summed E-state index contributed by atoms with van der Waals surface area (Å²) in [7, 11) is 1.65. The zero-order chi connectivity index (χ0) is 13.2. The van der Waals surface area contributed by atoms with Gasteiger partial charge < -0.3 is 4.74 Å². The maximum atomic E-state index is 6.19. The molecular weight excluding hydrogens is 240 g/mol. The van der Waals surface area contributed by atoms with Gasteiger partial charge in [-0.3, -0.25) is 10.5 Å². The zero-order valence-corrected chi connectivity index (χ0v) is 11.7. The smallest absolute Gasteiger partial charge is 0.0927 e. The maximum absolute atomic E-state index is 6.19. The molecule has 0 saturated heterocycles. The molecule has 1 aromatic rings. The molecular formula is C11H21ClN4O. The van der Waals surface area contributed by atoms with E-state index in [1.807, 2.05) is 32.4 Å². The second-order valence-electron chi connectivity index (χ2n) is 4.82. The minimum Gasteiger partial charge on any atom is -0.377 e. The lowest BCUT2D eigenvalue weighted by Crippen LogP contribution is -2.45. The molecule has 1 atom stereocenters. The molecule has 0 radical (unpaired) electrons. The molecule has 17 heavy (non-hydrogen) atoms. The molecule has 5 nitrogen and oxygen atoms in total. The van der Waals surface area contributed by atoms with Gasteiger partial charge >= 0.3 is 0 Å².